The topological polar surface area (TPSA) is 75.3 Å². The number of nitrogens with one attached hydrogen (secondary N) is 2. The van der Waals surface area contributed by atoms with Crippen LogP contribution in [0.15, 0.2) is 53.4 Å². The number of aryl methyl sites for hydroxylation is 1. The van der Waals surface area contributed by atoms with Gasteiger partial charge in [-0.3, -0.25) is 4.79 Å². The Labute approximate surface area is 130 Å². The quantitative estimate of drug-likeness (QED) is 0.886. The SMILES string of the molecule is CNS(=O)(=O)c1ccc(C)c(NC(=O)Cc2ccccc2)c1. The molecule has 0 aliphatic heterocycles. The maximum atomic E-state index is 12.1. The Morgan fingerprint density at radius 1 is 1.09 bits per heavy atom. The van der Waals surface area contributed by atoms with Crippen molar-refractivity contribution in [1.29, 1.82) is 0 Å². The van der Waals surface area contributed by atoms with Crippen LogP contribution in [0, 0.1) is 6.92 Å². The summed E-state index contributed by atoms with van der Waals surface area (Å²) in [7, 11) is -2.18. The van der Waals surface area contributed by atoms with Gasteiger partial charge in [0.25, 0.3) is 0 Å². The van der Waals surface area contributed by atoms with Crippen molar-refractivity contribution in [1.82, 2.24) is 4.72 Å². The summed E-state index contributed by atoms with van der Waals surface area (Å²) in [4.78, 5) is 12.2. The summed E-state index contributed by atoms with van der Waals surface area (Å²) in [6.07, 6.45) is 0.239. The molecule has 0 saturated carbocycles. The van der Waals surface area contributed by atoms with Gasteiger partial charge in [0.15, 0.2) is 0 Å². The smallest absolute Gasteiger partial charge is 0.240 e. The first-order valence-corrected chi connectivity index (χ1v) is 8.28. The summed E-state index contributed by atoms with van der Waals surface area (Å²) in [6, 6.07) is 14.0. The molecule has 0 heterocycles. The van der Waals surface area contributed by atoms with Crippen molar-refractivity contribution >= 4 is 21.6 Å². The molecular formula is C16H18N2O3S. The third-order valence-electron chi connectivity index (χ3n) is 3.27. The molecule has 22 heavy (non-hydrogen) atoms. The molecule has 1 amide bonds. The maximum Gasteiger partial charge on any atom is 0.240 e. The molecule has 2 aromatic carbocycles. The largest absolute Gasteiger partial charge is 0.326 e. The van der Waals surface area contributed by atoms with E-state index >= 15 is 0 Å². The van der Waals surface area contributed by atoms with Gasteiger partial charge in [0.1, 0.15) is 0 Å². The van der Waals surface area contributed by atoms with E-state index in [0.717, 1.165) is 11.1 Å². The van der Waals surface area contributed by atoms with Crippen molar-refractivity contribution in [3.05, 3.63) is 59.7 Å². The van der Waals surface area contributed by atoms with Crippen LogP contribution in [0.25, 0.3) is 0 Å². The van der Waals surface area contributed by atoms with Crippen LogP contribution < -0.4 is 10.0 Å². The van der Waals surface area contributed by atoms with Crippen LogP contribution in [0.2, 0.25) is 0 Å². The Balaban J connectivity index is 2.19. The Bertz CT molecular complexity index is 771. The Hall–Kier alpha value is -2.18. The van der Waals surface area contributed by atoms with E-state index < -0.39 is 10.0 Å². The molecule has 0 atom stereocenters. The van der Waals surface area contributed by atoms with Crippen LogP contribution in [0.5, 0.6) is 0 Å². The van der Waals surface area contributed by atoms with Crippen molar-refractivity contribution in [2.24, 2.45) is 0 Å². The zero-order valence-corrected chi connectivity index (χ0v) is 13.3. The number of hydrogen-bond acceptors (Lipinski definition) is 3. The van der Waals surface area contributed by atoms with Gasteiger partial charge in [0, 0.05) is 5.69 Å². The van der Waals surface area contributed by atoms with Gasteiger partial charge in [-0.25, -0.2) is 13.1 Å². The number of carbonyl (C=O) groups is 1. The zero-order chi connectivity index (χ0) is 16.2. The molecule has 5 nitrogen and oxygen atoms in total. The standard InChI is InChI=1S/C16H18N2O3S/c1-12-8-9-14(22(20,21)17-2)11-15(12)18-16(19)10-13-6-4-3-5-7-13/h3-9,11,17H,10H2,1-2H3,(H,18,19). The van der Waals surface area contributed by atoms with Gasteiger partial charge in [0.2, 0.25) is 15.9 Å². The molecule has 2 aromatic rings. The lowest BCUT2D eigenvalue weighted by atomic mass is 10.1. The molecule has 0 radical (unpaired) electrons. The van der Waals surface area contributed by atoms with Gasteiger partial charge in [0.05, 0.1) is 11.3 Å². The lowest BCUT2D eigenvalue weighted by Gasteiger charge is -2.11. The lowest BCUT2D eigenvalue weighted by Crippen LogP contribution is -2.20. The monoisotopic (exact) mass is 318 g/mol. The molecule has 0 saturated heterocycles. The van der Waals surface area contributed by atoms with Crippen molar-refractivity contribution < 1.29 is 13.2 Å². The number of benzene rings is 2. The van der Waals surface area contributed by atoms with Gasteiger partial charge >= 0.3 is 0 Å². The summed E-state index contributed by atoms with van der Waals surface area (Å²) in [6.45, 7) is 1.81. The number of hydrogen-bond donors (Lipinski definition) is 2. The first-order chi connectivity index (χ1) is 10.4. The van der Waals surface area contributed by atoms with Crippen LogP contribution in [-0.2, 0) is 21.2 Å². The molecule has 6 heteroatoms. The molecular weight excluding hydrogens is 300 g/mol. The predicted octanol–water partition coefficient (Wildman–Crippen LogP) is 2.08. The van der Waals surface area contributed by atoms with Crippen molar-refractivity contribution in [2.45, 2.75) is 18.2 Å². The first kappa shape index (κ1) is 16.2. The minimum Gasteiger partial charge on any atom is -0.326 e. The summed E-state index contributed by atoms with van der Waals surface area (Å²) >= 11 is 0. The molecule has 116 valence electrons. The van der Waals surface area contributed by atoms with Gasteiger partial charge < -0.3 is 5.32 Å². The summed E-state index contributed by atoms with van der Waals surface area (Å²) in [5.74, 6) is -0.187. The third-order valence-corrected chi connectivity index (χ3v) is 4.68. The van der Waals surface area contributed by atoms with E-state index in [4.69, 9.17) is 0 Å². The minimum absolute atomic E-state index is 0.121. The van der Waals surface area contributed by atoms with E-state index in [1.165, 1.54) is 19.2 Å². The molecule has 0 aliphatic carbocycles. The van der Waals surface area contributed by atoms with Gasteiger partial charge in [-0.1, -0.05) is 36.4 Å². The highest BCUT2D eigenvalue weighted by Crippen LogP contribution is 2.20. The van der Waals surface area contributed by atoms with Crippen LogP contribution >= 0.6 is 0 Å². The lowest BCUT2D eigenvalue weighted by molar-refractivity contribution is -0.115. The van der Waals surface area contributed by atoms with E-state index in [-0.39, 0.29) is 17.2 Å². The van der Waals surface area contributed by atoms with Crippen LogP contribution in [0.1, 0.15) is 11.1 Å². The molecule has 0 spiro atoms. The number of anilines is 1. The third kappa shape index (κ3) is 3.93. The highest BCUT2D eigenvalue weighted by Gasteiger charge is 2.14. The van der Waals surface area contributed by atoms with Crippen molar-refractivity contribution in [2.75, 3.05) is 12.4 Å². The zero-order valence-electron chi connectivity index (χ0n) is 12.5. The normalized spacial score (nSPS) is 11.2. The first-order valence-electron chi connectivity index (χ1n) is 6.80. The second kappa shape index (κ2) is 6.72. The fourth-order valence-corrected chi connectivity index (χ4v) is 2.75. The number of amides is 1. The van der Waals surface area contributed by atoms with E-state index in [1.807, 2.05) is 37.3 Å². The fourth-order valence-electron chi connectivity index (χ4n) is 2.00. The van der Waals surface area contributed by atoms with Crippen LogP contribution in [0.3, 0.4) is 0 Å². The predicted molar refractivity (Wildman–Crippen MR) is 86.2 cm³/mol. The average Bonchev–Trinajstić information content (AvgIpc) is 2.50. The highest BCUT2D eigenvalue weighted by molar-refractivity contribution is 7.89. The van der Waals surface area contributed by atoms with Gasteiger partial charge in [-0.05, 0) is 37.2 Å². The summed E-state index contributed by atoms with van der Waals surface area (Å²) in [5.41, 5.74) is 2.20. The van der Waals surface area contributed by atoms with Crippen LogP contribution in [0.4, 0.5) is 5.69 Å². The second-order valence-electron chi connectivity index (χ2n) is 4.89. The van der Waals surface area contributed by atoms with E-state index in [9.17, 15) is 13.2 Å². The molecule has 0 bridgehead atoms. The van der Waals surface area contributed by atoms with Crippen molar-refractivity contribution in [3.63, 3.8) is 0 Å². The van der Waals surface area contributed by atoms with E-state index in [0.29, 0.717) is 5.69 Å². The van der Waals surface area contributed by atoms with Crippen molar-refractivity contribution in [3.8, 4) is 0 Å². The molecule has 2 N–H and O–H groups in total. The van der Waals surface area contributed by atoms with Gasteiger partial charge in [-0.2, -0.15) is 0 Å². The number of carbonyl (C=O) groups excluding carboxylic acids is 1. The van der Waals surface area contributed by atoms with Crippen LogP contribution in [-0.4, -0.2) is 21.4 Å². The highest BCUT2D eigenvalue weighted by atomic mass is 32.2. The Kier molecular flexibility index (Phi) is 4.95. The van der Waals surface area contributed by atoms with E-state index in [1.54, 1.807) is 6.07 Å². The Morgan fingerprint density at radius 2 is 1.77 bits per heavy atom. The molecule has 0 aromatic heterocycles. The minimum atomic E-state index is -3.53. The second-order valence-corrected chi connectivity index (χ2v) is 6.78. The average molecular weight is 318 g/mol. The summed E-state index contributed by atoms with van der Waals surface area (Å²) in [5, 5.41) is 2.76. The fraction of sp³-hybridized carbons (Fsp3) is 0.188. The molecule has 2 rings (SSSR count). The molecule has 0 aliphatic rings. The maximum absolute atomic E-state index is 12.1. The Morgan fingerprint density at radius 3 is 2.41 bits per heavy atom. The molecule has 0 fully saturated rings. The van der Waals surface area contributed by atoms with E-state index in [2.05, 4.69) is 10.0 Å². The number of sulfonamides is 1. The summed E-state index contributed by atoms with van der Waals surface area (Å²) < 4.78 is 25.9. The molecule has 0 unspecified atom stereocenters. The van der Waals surface area contributed by atoms with Gasteiger partial charge in [-0.15, -0.1) is 0 Å². The number of rotatable bonds is 5.